The molecular formula is C38H53N7O3. The highest BCUT2D eigenvalue weighted by Gasteiger charge is 2.27. The quantitative estimate of drug-likeness (QED) is 0.348. The van der Waals surface area contributed by atoms with E-state index in [2.05, 4.69) is 75.9 Å². The zero-order chi connectivity index (χ0) is 33.9. The molecule has 0 bridgehead atoms. The standard InChI is InChI=1S/C38H53N7O3/c1-7-45(30-11-18-48-19-12-30)35-21-29(28-8-9-36(39-22-28)43-16-14-42(6)15-17-43)20-32(26(35)4)37(46)40-23-33-31-10-13-44(25(2)3)24-34(31)27(5)41-38(33)47/h8-9,20-22,25,30H,7,10-19,23-24H2,1-6H3,(H,40,46)(H,41,47). The Labute approximate surface area is 285 Å². The summed E-state index contributed by atoms with van der Waals surface area (Å²) in [4.78, 5) is 44.9. The molecule has 2 aromatic heterocycles. The van der Waals surface area contributed by atoms with Crippen LogP contribution in [0.3, 0.4) is 0 Å². The molecule has 258 valence electrons. The number of nitrogens with zero attached hydrogens (tertiary/aromatic N) is 5. The monoisotopic (exact) mass is 655 g/mol. The summed E-state index contributed by atoms with van der Waals surface area (Å²) in [6.45, 7) is 18.8. The molecule has 1 amide bonds. The Morgan fingerprint density at radius 1 is 1.06 bits per heavy atom. The first-order chi connectivity index (χ1) is 23.1. The molecule has 10 heteroatoms. The first kappa shape index (κ1) is 34.1. The number of rotatable bonds is 9. The minimum atomic E-state index is -0.172. The molecule has 10 nitrogen and oxygen atoms in total. The van der Waals surface area contributed by atoms with Crippen LogP contribution in [0.4, 0.5) is 11.5 Å². The first-order valence-electron chi connectivity index (χ1n) is 17.8. The molecule has 2 fully saturated rings. The van der Waals surface area contributed by atoms with Crippen molar-refractivity contribution in [2.75, 3.05) is 69.3 Å². The fourth-order valence-corrected chi connectivity index (χ4v) is 7.61. The van der Waals surface area contributed by atoms with Crippen LogP contribution in [0.1, 0.15) is 71.9 Å². The fraction of sp³-hybridized carbons (Fsp3) is 0.553. The molecule has 48 heavy (non-hydrogen) atoms. The predicted octanol–water partition coefficient (Wildman–Crippen LogP) is 4.51. The van der Waals surface area contributed by atoms with E-state index in [-0.39, 0.29) is 18.0 Å². The summed E-state index contributed by atoms with van der Waals surface area (Å²) in [6, 6.07) is 9.21. The number of amides is 1. The molecule has 3 aliphatic heterocycles. The lowest BCUT2D eigenvalue weighted by Gasteiger charge is -2.37. The van der Waals surface area contributed by atoms with Gasteiger partial charge in [-0.15, -0.1) is 0 Å². The molecule has 0 radical (unpaired) electrons. The molecular weight excluding hydrogens is 602 g/mol. The number of anilines is 2. The molecule has 0 spiro atoms. The van der Waals surface area contributed by atoms with Gasteiger partial charge in [0.05, 0.1) is 0 Å². The third kappa shape index (κ3) is 7.16. The highest BCUT2D eigenvalue weighted by molar-refractivity contribution is 5.99. The Morgan fingerprint density at radius 3 is 2.48 bits per heavy atom. The maximum absolute atomic E-state index is 14.1. The van der Waals surface area contributed by atoms with Crippen LogP contribution in [0, 0.1) is 13.8 Å². The molecule has 0 aliphatic carbocycles. The Kier molecular flexibility index (Phi) is 10.5. The summed E-state index contributed by atoms with van der Waals surface area (Å²) < 4.78 is 5.69. The van der Waals surface area contributed by atoms with Crippen LogP contribution in [0.5, 0.6) is 0 Å². The van der Waals surface area contributed by atoms with Gasteiger partial charge in [-0.3, -0.25) is 14.5 Å². The van der Waals surface area contributed by atoms with E-state index in [0.717, 1.165) is 118 Å². The van der Waals surface area contributed by atoms with Crippen LogP contribution < -0.4 is 20.7 Å². The van der Waals surface area contributed by atoms with Gasteiger partial charge in [-0.25, -0.2) is 4.98 Å². The number of H-pyrrole nitrogens is 1. The number of aromatic amines is 1. The van der Waals surface area contributed by atoms with Crippen LogP contribution in [0.2, 0.25) is 0 Å². The normalized spacial score (nSPS) is 17.9. The van der Waals surface area contributed by atoms with Gasteiger partial charge in [0.25, 0.3) is 11.5 Å². The average Bonchev–Trinajstić information content (AvgIpc) is 3.10. The van der Waals surface area contributed by atoms with Gasteiger partial charge in [0.2, 0.25) is 0 Å². The number of aryl methyl sites for hydroxylation is 1. The second-order valence-corrected chi connectivity index (χ2v) is 14.0. The lowest BCUT2D eigenvalue weighted by atomic mass is 9.93. The summed E-state index contributed by atoms with van der Waals surface area (Å²) >= 11 is 0. The van der Waals surface area contributed by atoms with Gasteiger partial charge in [-0.1, -0.05) is 0 Å². The third-order valence-electron chi connectivity index (χ3n) is 10.7. The van der Waals surface area contributed by atoms with E-state index < -0.39 is 0 Å². The van der Waals surface area contributed by atoms with Crippen molar-refractivity contribution in [2.45, 2.75) is 79.1 Å². The highest BCUT2D eigenvalue weighted by Crippen LogP contribution is 2.34. The van der Waals surface area contributed by atoms with Gasteiger partial charge in [0.1, 0.15) is 5.82 Å². The topological polar surface area (TPSA) is 97.0 Å². The Balaban J connectivity index is 1.32. The Hall–Kier alpha value is -3.73. The number of benzene rings is 1. The van der Waals surface area contributed by atoms with E-state index in [1.54, 1.807) is 0 Å². The van der Waals surface area contributed by atoms with Crippen molar-refractivity contribution in [3.63, 3.8) is 0 Å². The SMILES string of the molecule is CCN(c1cc(-c2ccc(N3CCN(C)CC3)nc2)cc(C(=O)NCc2c3c(c(C)[nH]c2=O)CN(C(C)C)CC3)c1C)C1CCOCC1. The largest absolute Gasteiger partial charge is 0.381 e. The van der Waals surface area contributed by atoms with Crippen molar-refractivity contribution >= 4 is 17.4 Å². The molecule has 2 N–H and O–H groups in total. The van der Waals surface area contributed by atoms with Crippen molar-refractivity contribution in [2.24, 2.45) is 0 Å². The van der Waals surface area contributed by atoms with Gasteiger partial charge < -0.3 is 29.7 Å². The van der Waals surface area contributed by atoms with E-state index >= 15 is 0 Å². The molecule has 1 aromatic carbocycles. The van der Waals surface area contributed by atoms with E-state index in [4.69, 9.17) is 9.72 Å². The van der Waals surface area contributed by atoms with Crippen LogP contribution in [0.15, 0.2) is 35.3 Å². The van der Waals surface area contributed by atoms with Gasteiger partial charge in [0, 0.05) is 112 Å². The molecule has 2 saturated heterocycles. The van der Waals surface area contributed by atoms with Crippen molar-refractivity contribution in [1.29, 1.82) is 0 Å². The van der Waals surface area contributed by atoms with E-state index in [9.17, 15) is 9.59 Å². The lowest BCUT2D eigenvalue weighted by Crippen LogP contribution is -2.44. The van der Waals surface area contributed by atoms with Crippen molar-refractivity contribution in [3.8, 4) is 11.1 Å². The van der Waals surface area contributed by atoms with Crippen LogP contribution >= 0.6 is 0 Å². The number of carbonyl (C=O) groups is 1. The van der Waals surface area contributed by atoms with Gasteiger partial charge in [0.15, 0.2) is 0 Å². The number of piperazine rings is 1. The van der Waals surface area contributed by atoms with E-state index in [1.165, 1.54) is 5.56 Å². The second kappa shape index (κ2) is 14.8. The summed E-state index contributed by atoms with van der Waals surface area (Å²) in [5.74, 6) is 0.812. The number of pyridine rings is 2. The van der Waals surface area contributed by atoms with Crippen molar-refractivity contribution in [3.05, 3.63) is 74.3 Å². The predicted molar refractivity (Wildman–Crippen MR) is 193 cm³/mol. The minimum absolute atomic E-state index is 0.112. The third-order valence-corrected chi connectivity index (χ3v) is 10.7. The highest BCUT2D eigenvalue weighted by atomic mass is 16.5. The molecule has 0 saturated carbocycles. The maximum atomic E-state index is 14.1. The van der Waals surface area contributed by atoms with Gasteiger partial charge >= 0.3 is 0 Å². The zero-order valence-electron chi connectivity index (χ0n) is 29.7. The lowest BCUT2D eigenvalue weighted by molar-refractivity contribution is 0.0846. The minimum Gasteiger partial charge on any atom is -0.381 e. The number of hydrogen-bond acceptors (Lipinski definition) is 8. The van der Waals surface area contributed by atoms with Crippen molar-refractivity contribution in [1.82, 2.24) is 25.1 Å². The number of nitrogens with one attached hydrogen (secondary N) is 2. The van der Waals surface area contributed by atoms with Gasteiger partial charge in [-0.2, -0.15) is 0 Å². The number of fused-ring (bicyclic) bond motifs is 1. The molecule has 0 unspecified atom stereocenters. The van der Waals surface area contributed by atoms with Crippen LogP contribution in [-0.2, 0) is 24.2 Å². The van der Waals surface area contributed by atoms with Gasteiger partial charge in [-0.05, 0) is 107 Å². The summed E-state index contributed by atoms with van der Waals surface area (Å²) in [5, 5.41) is 3.16. The summed E-state index contributed by atoms with van der Waals surface area (Å²) in [7, 11) is 2.16. The molecule has 6 rings (SSSR count). The molecule has 5 heterocycles. The van der Waals surface area contributed by atoms with E-state index in [0.29, 0.717) is 23.2 Å². The number of carbonyl (C=O) groups excluding carboxylic acids is 1. The second-order valence-electron chi connectivity index (χ2n) is 14.0. The number of ether oxygens (including phenoxy) is 1. The first-order valence-corrected chi connectivity index (χ1v) is 17.8. The maximum Gasteiger partial charge on any atom is 0.253 e. The van der Waals surface area contributed by atoms with E-state index in [1.807, 2.05) is 26.1 Å². The fourth-order valence-electron chi connectivity index (χ4n) is 7.61. The van der Waals surface area contributed by atoms with Crippen molar-refractivity contribution < 1.29 is 9.53 Å². The smallest absolute Gasteiger partial charge is 0.253 e. The zero-order valence-corrected chi connectivity index (χ0v) is 29.7. The number of hydrogen-bond donors (Lipinski definition) is 2. The average molecular weight is 656 g/mol. The van der Waals surface area contributed by atoms with Crippen LogP contribution in [0.25, 0.3) is 11.1 Å². The Morgan fingerprint density at radius 2 is 1.81 bits per heavy atom. The number of aromatic nitrogens is 2. The Bertz CT molecular complexity index is 1650. The summed E-state index contributed by atoms with van der Waals surface area (Å²) in [5.41, 5.74) is 8.32. The molecule has 3 aliphatic rings. The summed E-state index contributed by atoms with van der Waals surface area (Å²) in [6.07, 6.45) is 4.65. The molecule has 0 atom stereocenters. The molecule has 3 aromatic rings. The number of likely N-dealkylation sites (N-methyl/N-ethyl adjacent to an activating group) is 1. The van der Waals surface area contributed by atoms with Crippen LogP contribution in [-0.4, -0.2) is 97.3 Å².